The van der Waals surface area contributed by atoms with E-state index in [1.807, 2.05) is 4.72 Å². The Kier molecular flexibility index (Phi) is 5.72. The number of hydrogen-bond donors (Lipinski definition) is 3. The van der Waals surface area contributed by atoms with Crippen molar-refractivity contribution < 1.29 is 36.3 Å². The van der Waals surface area contributed by atoms with Crippen LogP contribution in [0.25, 0.3) is 0 Å². The van der Waals surface area contributed by atoms with Gasteiger partial charge in [-0.05, 0) is 31.2 Å². The Morgan fingerprint density at radius 1 is 1.22 bits per heavy atom. The van der Waals surface area contributed by atoms with Crippen molar-refractivity contribution in [1.29, 1.82) is 0 Å². The van der Waals surface area contributed by atoms with E-state index in [0.717, 1.165) is 31.2 Å². The molecule has 0 saturated carbocycles. The molecule has 11 heteroatoms. The van der Waals surface area contributed by atoms with Crippen molar-refractivity contribution in [2.75, 3.05) is 6.54 Å². The number of benzene rings is 1. The zero-order chi connectivity index (χ0) is 17.8. The van der Waals surface area contributed by atoms with Gasteiger partial charge in [0.05, 0.1) is 4.90 Å². The summed E-state index contributed by atoms with van der Waals surface area (Å²) >= 11 is 0. The van der Waals surface area contributed by atoms with Crippen LogP contribution in [0.2, 0.25) is 0 Å². The van der Waals surface area contributed by atoms with Crippen LogP contribution in [-0.4, -0.2) is 44.2 Å². The number of amides is 1. The predicted molar refractivity (Wildman–Crippen MR) is 72.2 cm³/mol. The smallest absolute Gasteiger partial charge is 0.405 e. The summed E-state index contributed by atoms with van der Waals surface area (Å²) in [6.45, 7) is -0.387. The number of carbonyl (C=O) groups excluding carboxylic acids is 1. The molecule has 0 unspecified atom stereocenters. The van der Waals surface area contributed by atoms with E-state index in [2.05, 4.69) is 0 Å². The summed E-state index contributed by atoms with van der Waals surface area (Å²) < 4.78 is 61.6. The van der Waals surface area contributed by atoms with Crippen molar-refractivity contribution in [3.8, 4) is 0 Å². The van der Waals surface area contributed by atoms with Crippen LogP contribution in [0.3, 0.4) is 0 Å². The minimum absolute atomic E-state index is 0.167. The van der Waals surface area contributed by atoms with Crippen molar-refractivity contribution in [3.05, 3.63) is 29.8 Å². The number of nitrogens with one attached hydrogen (secondary N) is 2. The summed E-state index contributed by atoms with van der Waals surface area (Å²) in [7, 11) is -4.13. The Bertz CT molecular complexity index is 686. The molecule has 1 aromatic carbocycles. The Hall–Kier alpha value is -2.14. The topological polar surface area (TPSA) is 113 Å². The first-order chi connectivity index (χ1) is 10.4. The first-order valence-electron chi connectivity index (χ1n) is 6.12. The molecular weight excluding hydrogens is 341 g/mol. The predicted octanol–water partition coefficient (Wildman–Crippen LogP) is 0.730. The third kappa shape index (κ3) is 5.87. The molecular formula is C12H13F3N2O5S. The number of rotatable bonds is 6. The number of aliphatic carboxylic acids is 1. The minimum atomic E-state index is -4.56. The molecule has 128 valence electrons. The molecule has 0 radical (unpaired) electrons. The molecule has 0 bridgehead atoms. The van der Waals surface area contributed by atoms with Crippen molar-refractivity contribution in [2.45, 2.75) is 24.0 Å². The fraction of sp³-hybridized carbons (Fsp3) is 0.333. The minimum Gasteiger partial charge on any atom is -0.480 e. The quantitative estimate of drug-likeness (QED) is 0.697. The van der Waals surface area contributed by atoms with E-state index in [4.69, 9.17) is 5.11 Å². The number of halogens is 3. The second-order valence-corrected chi connectivity index (χ2v) is 6.22. The normalized spacial score (nSPS) is 13.4. The maximum atomic E-state index is 12.0. The highest BCUT2D eigenvalue weighted by atomic mass is 32.2. The number of alkyl halides is 3. The van der Waals surface area contributed by atoms with Gasteiger partial charge < -0.3 is 10.4 Å². The highest BCUT2D eigenvalue weighted by Crippen LogP contribution is 2.14. The lowest BCUT2D eigenvalue weighted by Gasteiger charge is -2.11. The molecule has 0 aliphatic heterocycles. The molecule has 0 heterocycles. The van der Waals surface area contributed by atoms with E-state index in [-0.39, 0.29) is 10.5 Å². The van der Waals surface area contributed by atoms with Crippen LogP contribution in [0.4, 0.5) is 13.2 Å². The summed E-state index contributed by atoms with van der Waals surface area (Å²) in [5.74, 6) is -2.39. The number of hydrogen-bond acceptors (Lipinski definition) is 4. The van der Waals surface area contributed by atoms with Crippen LogP contribution in [0.15, 0.2) is 29.2 Å². The van der Waals surface area contributed by atoms with Gasteiger partial charge in [-0.25, -0.2) is 8.42 Å². The fourth-order valence-corrected chi connectivity index (χ4v) is 2.62. The molecule has 23 heavy (non-hydrogen) atoms. The van der Waals surface area contributed by atoms with Gasteiger partial charge in [-0.3, -0.25) is 9.59 Å². The van der Waals surface area contributed by atoms with Crippen LogP contribution in [0.1, 0.15) is 17.3 Å². The maximum Gasteiger partial charge on any atom is 0.405 e. The summed E-state index contributed by atoms with van der Waals surface area (Å²) in [4.78, 5) is 21.8. The first kappa shape index (κ1) is 18.9. The average Bonchev–Trinajstić information content (AvgIpc) is 2.43. The van der Waals surface area contributed by atoms with Crippen LogP contribution in [-0.2, 0) is 14.8 Å². The molecule has 0 fully saturated rings. The Balaban J connectivity index is 2.84. The highest BCUT2D eigenvalue weighted by Gasteiger charge is 2.28. The van der Waals surface area contributed by atoms with Crippen molar-refractivity contribution in [1.82, 2.24) is 10.0 Å². The van der Waals surface area contributed by atoms with Crippen LogP contribution in [0.5, 0.6) is 0 Å². The first-order valence-corrected chi connectivity index (χ1v) is 7.61. The molecule has 7 nitrogen and oxygen atoms in total. The lowest BCUT2D eigenvalue weighted by atomic mass is 10.2. The lowest BCUT2D eigenvalue weighted by Crippen LogP contribution is -2.38. The molecule has 0 aromatic heterocycles. The second kappa shape index (κ2) is 6.96. The monoisotopic (exact) mass is 354 g/mol. The second-order valence-electron chi connectivity index (χ2n) is 4.50. The van der Waals surface area contributed by atoms with Crippen molar-refractivity contribution in [3.63, 3.8) is 0 Å². The Morgan fingerprint density at radius 3 is 2.17 bits per heavy atom. The van der Waals surface area contributed by atoms with Gasteiger partial charge in [0.2, 0.25) is 10.0 Å². The molecule has 0 aliphatic carbocycles. The van der Waals surface area contributed by atoms with Gasteiger partial charge in [0.1, 0.15) is 12.6 Å². The fourth-order valence-electron chi connectivity index (χ4n) is 1.42. The molecule has 0 saturated heterocycles. The van der Waals surface area contributed by atoms with Crippen LogP contribution in [0, 0.1) is 0 Å². The van der Waals surface area contributed by atoms with Crippen LogP contribution >= 0.6 is 0 Å². The van der Waals surface area contributed by atoms with Gasteiger partial charge in [0, 0.05) is 5.56 Å². The molecule has 3 N–H and O–H groups in total. The lowest BCUT2D eigenvalue weighted by molar-refractivity contribution is -0.138. The summed E-state index contributed by atoms with van der Waals surface area (Å²) in [6, 6.07) is 2.64. The van der Waals surface area contributed by atoms with Gasteiger partial charge in [-0.15, -0.1) is 0 Å². The number of sulfonamides is 1. The number of carboxylic acid groups (broad SMARTS) is 1. The Labute approximate surface area is 129 Å². The van der Waals surface area contributed by atoms with Gasteiger partial charge in [0.25, 0.3) is 5.91 Å². The average molecular weight is 354 g/mol. The summed E-state index contributed by atoms with van der Waals surface area (Å²) in [6.07, 6.45) is -4.56. The largest absolute Gasteiger partial charge is 0.480 e. The van der Waals surface area contributed by atoms with E-state index in [0.29, 0.717) is 0 Å². The SMILES string of the molecule is C[C@H](NS(=O)(=O)c1ccc(C(=O)NCC(F)(F)F)cc1)C(=O)O. The standard InChI is InChI=1S/C12H13F3N2O5S/c1-7(11(19)20)17-23(21,22)9-4-2-8(3-5-9)10(18)16-6-12(13,14)15/h2-5,7,17H,6H2,1H3,(H,16,18)(H,19,20)/t7-/m0/s1. The van der Waals surface area contributed by atoms with Crippen molar-refractivity contribution in [2.24, 2.45) is 0 Å². The zero-order valence-corrected chi connectivity index (χ0v) is 12.5. The summed E-state index contributed by atoms with van der Waals surface area (Å²) in [5, 5.41) is 10.3. The zero-order valence-electron chi connectivity index (χ0n) is 11.7. The third-order valence-electron chi connectivity index (χ3n) is 2.58. The summed E-state index contributed by atoms with van der Waals surface area (Å²) in [5.41, 5.74) is -0.167. The van der Waals surface area contributed by atoms with Crippen LogP contribution < -0.4 is 10.0 Å². The maximum absolute atomic E-state index is 12.0. The van der Waals surface area contributed by atoms with E-state index in [1.165, 1.54) is 0 Å². The van der Waals surface area contributed by atoms with Crippen molar-refractivity contribution >= 4 is 21.9 Å². The van der Waals surface area contributed by atoms with Gasteiger partial charge in [-0.1, -0.05) is 0 Å². The Morgan fingerprint density at radius 2 is 1.74 bits per heavy atom. The van der Waals surface area contributed by atoms with E-state index in [9.17, 15) is 31.2 Å². The van der Waals surface area contributed by atoms with Gasteiger partial charge in [0.15, 0.2) is 0 Å². The number of carbonyl (C=O) groups is 2. The highest BCUT2D eigenvalue weighted by molar-refractivity contribution is 7.89. The number of carboxylic acids is 1. The molecule has 1 atom stereocenters. The van der Waals surface area contributed by atoms with E-state index in [1.54, 1.807) is 5.32 Å². The molecule has 1 aromatic rings. The van der Waals surface area contributed by atoms with Gasteiger partial charge >= 0.3 is 12.1 Å². The third-order valence-corrected chi connectivity index (χ3v) is 4.14. The van der Waals surface area contributed by atoms with Gasteiger partial charge in [-0.2, -0.15) is 17.9 Å². The molecule has 1 rings (SSSR count). The van der Waals surface area contributed by atoms with E-state index >= 15 is 0 Å². The van der Waals surface area contributed by atoms with E-state index < -0.39 is 40.7 Å². The molecule has 0 aliphatic rings. The molecule has 0 spiro atoms. The molecule has 1 amide bonds.